The van der Waals surface area contributed by atoms with E-state index in [2.05, 4.69) is 220 Å². The summed E-state index contributed by atoms with van der Waals surface area (Å²) in [6.45, 7) is 10.2. The summed E-state index contributed by atoms with van der Waals surface area (Å²) in [6.07, 6.45) is 12.9. The number of anilines is 5. The topological polar surface area (TPSA) is 6.48 Å². The summed E-state index contributed by atoms with van der Waals surface area (Å²) in [6, 6.07) is 55.5. The lowest BCUT2D eigenvalue weighted by atomic mass is 9.79. The van der Waals surface area contributed by atoms with Crippen molar-refractivity contribution in [1.29, 1.82) is 0 Å². The Hall–Kier alpha value is -6.12. The second kappa shape index (κ2) is 14.3. The molecule has 2 heteroatoms. The molecule has 0 saturated carbocycles. The van der Waals surface area contributed by atoms with Crippen molar-refractivity contribution in [3.63, 3.8) is 0 Å². The summed E-state index contributed by atoms with van der Waals surface area (Å²) in [5.74, 6) is 0.786. The number of para-hydroxylation sites is 2. The maximum absolute atomic E-state index is 2.44. The average molecular weight is 713 g/mol. The third-order valence-corrected chi connectivity index (χ3v) is 11.9. The van der Waals surface area contributed by atoms with Crippen LogP contribution in [0.25, 0.3) is 22.3 Å². The molecular formula is C53H48N2. The first-order valence-corrected chi connectivity index (χ1v) is 19.8. The standard InChI is InChI=1S/C53H48N2/c1-37-21-32-50-49(34-37)48-31-30-46(36-51(48)53(50,3)4)55(44-17-9-6-10-18-44)45-28-24-41(25-29-45)42-16-13-33-54(52-20-12-11-19-47(52)38(2)35-42)43-26-22-40(23-27-43)39-14-7-5-8-15-39/h5-32,35-38H,33-34H2,1-4H3/b16-13-,42-35+/t37-,38?/m1/s1. The molecular weight excluding hydrogens is 665 g/mol. The van der Waals surface area contributed by atoms with Gasteiger partial charge in [-0.25, -0.2) is 0 Å². The van der Waals surface area contributed by atoms with E-state index in [1.165, 1.54) is 67.2 Å². The van der Waals surface area contributed by atoms with E-state index in [1.54, 1.807) is 0 Å². The molecule has 6 aromatic rings. The molecule has 0 saturated heterocycles. The number of allylic oxidation sites excluding steroid dienone is 7. The number of nitrogens with zero attached hydrogens (tertiary/aromatic N) is 2. The fourth-order valence-electron chi connectivity index (χ4n) is 8.94. The largest absolute Gasteiger partial charge is 0.337 e. The van der Waals surface area contributed by atoms with Gasteiger partial charge in [0.25, 0.3) is 0 Å². The zero-order chi connectivity index (χ0) is 37.5. The summed E-state index contributed by atoms with van der Waals surface area (Å²) < 4.78 is 0. The highest BCUT2D eigenvalue weighted by Crippen LogP contribution is 2.52. The highest BCUT2D eigenvalue weighted by atomic mass is 15.1. The van der Waals surface area contributed by atoms with Crippen molar-refractivity contribution in [2.24, 2.45) is 5.92 Å². The Kier molecular flexibility index (Phi) is 8.98. The van der Waals surface area contributed by atoms with Crippen LogP contribution in [-0.4, -0.2) is 6.54 Å². The van der Waals surface area contributed by atoms with Gasteiger partial charge in [0.1, 0.15) is 0 Å². The second-order valence-corrected chi connectivity index (χ2v) is 15.9. The molecule has 2 nitrogen and oxygen atoms in total. The quantitative estimate of drug-likeness (QED) is 0.170. The van der Waals surface area contributed by atoms with Gasteiger partial charge in [-0.15, -0.1) is 0 Å². The first kappa shape index (κ1) is 34.6. The van der Waals surface area contributed by atoms with Gasteiger partial charge in [-0.1, -0.05) is 155 Å². The predicted molar refractivity (Wildman–Crippen MR) is 235 cm³/mol. The number of benzene rings is 6. The van der Waals surface area contributed by atoms with E-state index in [0.29, 0.717) is 5.92 Å². The predicted octanol–water partition coefficient (Wildman–Crippen LogP) is 14.4. The Morgan fingerprint density at radius 1 is 0.618 bits per heavy atom. The molecule has 1 unspecified atom stereocenters. The molecule has 1 aliphatic heterocycles. The molecule has 0 aromatic heterocycles. The summed E-state index contributed by atoms with van der Waals surface area (Å²) >= 11 is 0. The number of fused-ring (bicyclic) bond motifs is 3. The average Bonchev–Trinajstić information content (AvgIpc) is 3.48. The summed E-state index contributed by atoms with van der Waals surface area (Å²) in [5, 5.41) is 0. The highest BCUT2D eigenvalue weighted by molar-refractivity contribution is 5.87. The normalized spacial score (nSPS) is 19.9. The van der Waals surface area contributed by atoms with Gasteiger partial charge < -0.3 is 9.80 Å². The fourth-order valence-corrected chi connectivity index (χ4v) is 8.94. The van der Waals surface area contributed by atoms with Gasteiger partial charge in [-0.3, -0.25) is 0 Å². The molecule has 0 bridgehead atoms. The Morgan fingerprint density at radius 3 is 2.02 bits per heavy atom. The van der Waals surface area contributed by atoms with Crippen molar-refractivity contribution in [3.05, 3.63) is 210 Å². The van der Waals surface area contributed by atoms with E-state index in [1.807, 2.05) is 0 Å². The maximum atomic E-state index is 2.44. The molecule has 55 heavy (non-hydrogen) atoms. The minimum atomic E-state index is -0.0320. The van der Waals surface area contributed by atoms with Gasteiger partial charge in [-0.2, -0.15) is 0 Å². The van der Waals surface area contributed by atoms with Crippen LogP contribution < -0.4 is 9.80 Å². The Labute approximate surface area is 327 Å². The number of hydrogen-bond donors (Lipinski definition) is 0. The number of rotatable bonds is 6. The van der Waals surface area contributed by atoms with Gasteiger partial charge in [0, 0.05) is 46.3 Å². The van der Waals surface area contributed by atoms with Crippen molar-refractivity contribution in [1.82, 2.24) is 0 Å². The van der Waals surface area contributed by atoms with E-state index in [0.717, 1.165) is 24.3 Å². The van der Waals surface area contributed by atoms with E-state index in [9.17, 15) is 0 Å². The van der Waals surface area contributed by atoms with Crippen LogP contribution in [-0.2, 0) is 5.41 Å². The molecule has 3 aliphatic rings. The fraction of sp³-hybridized carbons (Fsp3) is 0.170. The van der Waals surface area contributed by atoms with Crippen LogP contribution in [0.15, 0.2) is 188 Å². The molecule has 0 spiro atoms. The van der Waals surface area contributed by atoms with Crippen molar-refractivity contribution in [3.8, 4) is 11.1 Å². The number of hydrogen-bond acceptors (Lipinski definition) is 2. The Bertz CT molecular complexity index is 2460. The van der Waals surface area contributed by atoms with E-state index < -0.39 is 0 Å². The second-order valence-electron chi connectivity index (χ2n) is 15.9. The summed E-state index contributed by atoms with van der Waals surface area (Å²) in [5.41, 5.74) is 18.0. The maximum Gasteiger partial charge on any atom is 0.0465 e. The molecule has 270 valence electrons. The van der Waals surface area contributed by atoms with Crippen LogP contribution >= 0.6 is 0 Å². The molecule has 0 N–H and O–H groups in total. The monoisotopic (exact) mass is 712 g/mol. The highest BCUT2D eigenvalue weighted by Gasteiger charge is 2.38. The first-order valence-electron chi connectivity index (χ1n) is 19.8. The van der Waals surface area contributed by atoms with E-state index in [4.69, 9.17) is 0 Å². The van der Waals surface area contributed by atoms with Gasteiger partial charge in [-0.05, 0) is 117 Å². The molecule has 0 fully saturated rings. The van der Waals surface area contributed by atoms with Crippen LogP contribution in [0, 0.1) is 5.92 Å². The van der Waals surface area contributed by atoms with Crippen molar-refractivity contribution >= 4 is 39.6 Å². The summed E-state index contributed by atoms with van der Waals surface area (Å²) in [4.78, 5) is 4.85. The van der Waals surface area contributed by atoms with Crippen LogP contribution in [0.4, 0.5) is 28.4 Å². The van der Waals surface area contributed by atoms with Crippen LogP contribution in [0.5, 0.6) is 0 Å². The van der Waals surface area contributed by atoms with Crippen molar-refractivity contribution < 1.29 is 0 Å². The molecule has 2 aliphatic carbocycles. The lowest BCUT2D eigenvalue weighted by Gasteiger charge is -2.29. The Morgan fingerprint density at radius 2 is 1.25 bits per heavy atom. The van der Waals surface area contributed by atoms with Crippen molar-refractivity contribution in [2.45, 2.75) is 45.4 Å². The van der Waals surface area contributed by atoms with Crippen LogP contribution in [0.2, 0.25) is 0 Å². The molecule has 6 aromatic carbocycles. The Balaban J connectivity index is 1.04. The lowest BCUT2D eigenvalue weighted by molar-refractivity contribution is 0.643. The first-order chi connectivity index (χ1) is 26.8. The van der Waals surface area contributed by atoms with Gasteiger partial charge in [0.15, 0.2) is 0 Å². The SMILES string of the molecule is CC1/C=C(c2ccc(N(c3ccccc3)c3ccc4c(c3)C(C)(C)C3=C4C[C@H](C)C=C3)cc2)\C=C/CN(c2ccc(-c3ccccc3)cc2)c2ccccc21. The van der Waals surface area contributed by atoms with Crippen LogP contribution in [0.3, 0.4) is 0 Å². The third-order valence-electron chi connectivity index (χ3n) is 11.9. The van der Waals surface area contributed by atoms with Crippen LogP contribution in [0.1, 0.15) is 62.3 Å². The smallest absolute Gasteiger partial charge is 0.0465 e. The molecule has 9 rings (SSSR count). The molecule has 0 radical (unpaired) electrons. The van der Waals surface area contributed by atoms with Gasteiger partial charge in [0.05, 0.1) is 0 Å². The molecule has 0 amide bonds. The third kappa shape index (κ3) is 6.46. The molecule has 2 atom stereocenters. The van der Waals surface area contributed by atoms with E-state index >= 15 is 0 Å². The zero-order valence-corrected chi connectivity index (χ0v) is 32.3. The van der Waals surface area contributed by atoms with Crippen molar-refractivity contribution in [2.75, 3.05) is 16.3 Å². The van der Waals surface area contributed by atoms with E-state index in [-0.39, 0.29) is 11.3 Å². The molecule has 1 heterocycles. The van der Waals surface area contributed by atoms with Gasteiger partial charge in [0.2, 0.25) is 0 Å². The minimum absolute atomic E-state index is 0.0320. The van der Waals surface area contributed by atoms with Gasteiger partial charge >= 0.3 is 0 Å². The summed E-state index contributed by atoms with van der Waals surface area (Å²) in [7, 11) is 0. The zero-order valence-electron chi connectivity index (χ0n) is 32.3. The minimum Gasteiger partial charge on any atom is -0.337 e. The lowest BCUT2D eigenvalue weighted by Crippen LogP contribution is -2.18.